The third-order valence-corrected chi connectivity index (χ3v) is 2.36. The molecule has 0 aliphatic heterocycles. The van der Waals surface area contributed by atoms with E-state index in [9.17, 15) is 0 Å². The van der Waals surface area contributed by atoms with Gasteiger partial charge in [0.1, 0.15) is 0 Å². The highest BCUT2D eigenvalue weighted by molar-refractivity contribution is 4.81. The largest absolute Gasteiger partial charge is 0.394 e. The lowest BCUT2D eigenvalue weighted by Gasteiger charge is -2.28. The predicted molar refractivity (Wildman–Crippen MR) is 54.7 cm³/mol. The topological polar surface area (TPSA) is 52.5 Å². The first-order valence-corrected chi connectivity index (χ1v) is 5.04. The van der Waals surface area contributed by atoms with Gasteiger partial charge in [0.15, 0.2) is 0 Å². The number of nitrogens with one attached hydrogen (secondary N) is 1. The first-order valence-electron chi connectivity index (χ1n) is 5.04. The maximum atomic E-state index is 9.01. The van der Waals surface area contributed by atoms with E-state index in [0.29, 0.717) is 5.92 Å². The highest BCUT2D eigenvalue weighted by Crippen LogP contribution is 2.06. The molecule has 0 aromatic heterocycles. The SMILES string of the molecule is CCC[C@H](C)CNC(C)(CO)CO. The van der Waals surface area contributed by atoms with Gasteiger partial charge in [0.2, 0.25) is 0 Å². The van der Waals surface area contributed by atoms with E-state index in [1.165, 1.54) is 12.8 Å². The van der Waals surface area contributed by atoms with Crippen molar-refractivity contribution in [1.29, 1.82) is 0 Å². The van der Waals surface area contributed by atoms with Crippen LogP contribution < -0.4 is 5.32 Å². The molecule has 3 N–H and O–H groups in total. The molecule has 13 heavy (non-hydrogen) atoms. The van der Waals surface area contributed by atoms with Crippen molar-refractivity contribution < 1.29 is 10.2 Å². The normalized spacial score (nSPS) is 14.5. The van der Waals surface area contributed by atoms with E-state index >= 15 is 0 Å². The second-order valence-electron chi connectivity index (χ2n) is 4.15. The molecule has 0 unspecified atom stereocenters. The number of hydrogen-bond donors (Lipinski definition) is 3. The van der Waals surface area contributed by atoms with Gasteiger partial charge in [-0.2, -0.15) is 0 Å². The maximum Gasteiger partial charge on any atom is 0.0633 e. The fourth-order valence-corrected chi connectivity index (χ4v) is 1.18. The van der Waals surface area contributed by atoms with Crippen molar-refractivity contribution in [3.05, 3.63) is 0 Å². The zero-order valence-corrected chi connectivity index (χ0v) is 9.01. The molecule has 3 heteroatoms. The third kappa shape index (κ3) is 5.24. The Labute approximate surface area is 81.2 Å². The van der Waals surface area contributed by atoms with E-state index < -0.39 is 5.54 Å². The highest BCUT2D eigenvalue weighted by atomic mass is 16.3. The standard InChI is InChI=1S/C10H23NO2/c1-4-5-9(2)6-11-10(3,7-12)8-13/h9,11-13H,4-8H2,1-3H3/t9-/m0/s1. The maximum absolute atomic E-state index is 9.01. The van der Waals surface area contributed by atoms with Gasteiger partial charge in [-0.25, -0.2) is 0 Å². The Morgan fingerprint density at radius 3 is 2.23 bits per heavy atom. The smallest absolute Gasteiger partial charge is 0.0633 e. The van der Waals surface area contributed by atoms with E-state index in [-0.39, 0.29) is 13.2 Å². The molecule has 3 nitrogen and oxygen atoms in total. The van der Waals surface area contributed by atoms with Gasteiger partial charge in [0.05, 0.1) is 18.8 Å². The van der Waals surface area contributed by atoms with Crippen LogP contribution in [0.3, 0.4) is 0 Å². The van der Waals surface area contributed by atoms with Gasteiger partial charge in [-0.3, -0.25) is 0 Å². The molecule has 0 aliphatic rings. The summed E-state index contributed by atoms with van der Waals surface area (Å²) in [6, 6.07) is 0. The molecule has 0 aromatic carbocycles. The van der Waals surface area contributed by atoms with Crippen LogP contribution in [-0.2, 0) is 0 Å². The van der Waals surface area contributed by atoms with Gasteiger partial charge in [-0.05, 0) is 25.8 Å². The van der Waals surface area contributed by atoms with E-state index in [4.69, 9.17) is 10.2 Å². The molecule has 0 amide bonds. The fraction of sp³-hybridized carbons (Fsp3) is 1.00. The van der Waals surface area contributed by atoms with E-state index in [2.05, 4.69) is 19.2 Å². The van der Waals surface area contributed by atoms with Crippen molar-refractivity contribution >= 4 is 0 Å². The van der Waals surface area contributed by atoms with Gasteiger partial charge in [-0.15, -0.1) is 0 Å². The molecule has 0 fully saturated rings. The third-order valence-electron chi connectivity index (χ3n) is 2.36. The Balaban J connectivity index is 3.71. The van der Waals surface area contributed by atoms with Crippen LogP contribution in [0.2, 0.25) is 0 Å². The lowest BCUT2D eigenvalue weighted by Crippen LogP contribution is -2.50. The predicted octanol–water partition coefficient (Wildman–Crippen LogP) is 0.755. The molecule has 0 bridgehead atoms. The van der Waals surface area contributed by atoms with Gasteiger partial charge >= 0.3 is 0 Å². The van der Waals surface area contributed by atoms with Crippen LogP contribution >= 0.6 is 0 Å². The number of hydrogen-bond acceptors (Lipinski definition) is 3. The minimum atomic E-state index is -0.526. The Morgan fingerprint density at radius 1 is 1.31 bits per heavy atom. The molecule has 0 aromatic rings. The Bertz CT molecular complexity index is 124. The average Bonchev–Trinajstić information content (AvgIpc) is 2.15. The minimum absolute atomic E-state index is 0.0255. The molecular formula is C10H23NO2. The second kappa shape index (κ2) is 6.35. The van der Waals surface area contributed by atoms with Crippen molar-refractivity contribution in [2.24, 2.45) is 5.92 Å². The highest BCUT2D eigenvalue weighted by Gasteiger charge is 2.21. The molecule has 0 aliphatic carbocycles. The lowest BCUT2D eigenvalue weighted by molar-refractivity contribution is 0.101. The van der Waals surface area contributed by atoms with E-state index in [0.717, 1.165) is 6.54 Å². The van der Waals surface area contributed by atoms with Crippen LogP contribution in [-0.4, -0.2) is 35.5 Å². The zero-order valence-electron chi connectivity index (χ0n) is 9.01. The van der Waals surface area contributed by atoms with Crippen LogP contribution in [0, 0.1) is 5.92 Å². The Hall–Kier alpha value is -0.120. The molecule has 80 valence electrons. The minimum Gasteiger partial charge on any atom is -0.394 e. The molecule has 0 heterocycles. The van der Waals surface area contributed by atoms with Crippen molar-refractivity contribution in [2.45, 2.75) is 39.2 Å². The summed E-state index contributed by atoms with van der Waals surface area (Å²) in [4.78, 5) is 0. The summed E-state index contributed by atoms with van der Waals surface area (Å²) in [5, 5.41) is 21.2. The van der Waals surface area contributed by atoms with Gasteiger partial charge in [0.25, 0.3) is 0 Å². The lowest BCUT2D eigenvalue weighted by atomic mass is 10.0. The second-order valence-corrected chi connectivity index (χ2v) is 4.15. The number of aliphatic hydroxyl groups excluding tert-OH is 2. The Kier molecular flexibility index (Phi) is 6.29. The van der Waals surface area contributed by atoms with Gasteiger partial charge in [-0.1, -0.05) is 20.3 Å². The summed E-state index contributed by atoms with van der Waals surface area (Å²) in [6.45, 7) is 6.96. The molecule has 0 radical (unpaired) electrons. The summed E-state index contributed by atoms with van der Waals surface area (Å²) in [5.74, 6) is 0.599. The molecular weight excluding hydrogens is 166 g/mol. The number of rotatable bonds is 7. The Morgan fingerprint density at radius 2 is 1.85 bits per heavy atom. The fourth-order valence-electron chi connectivity index (χ4n) is 1.18. The van der Waals surface area contributed by atoms with Crippen molar-refractivity contribution in [3.8, 4) is 0 Å². The van der Waals surface area contributed by atoms with Crippen LogP contribution in [0.4, 0.5) is 0 Å². The van der Waals surface area contributed by atoms with Crippen LogP contribution in [0.25, 0.3) is 0 Å². The van der Waals surface area contributed by atoms with E-state index in [1.807, 2.05) is 6.92 Å². The van der Waals surface area contributed by atoms with Crippen molar-refractivity contribution in [3.63, 3.8) is 0 Å². The average molecular weight is 189 g/mol. The van der Waals surface area contributed by atoms with Crippen LogP contribution in [0.15, 0.2) is 0 Å². The quantitative estimate of drug-likeness (QED) is 0.554. The molecule has 1 atom stereocenters. The number of aliphatic hydroxyl groups is 2. The van der Waals surface area contributed by atoms with Crippen molar-refractivity contribution in [2.75, 3.05) is 19.8 Å². The molecule has 0 rings (SSSR count). The monoisotopic (exact) mass is 189 g/mol. The summed E-state index contributed by atoms with van der Waals surface area (Å²) < 4.78 is 0. The summed E-state index contributed by atoms with van der Waals surface area (Å²) in [5.41, 5.74) is -0.526. The van der Waals surface area contributed by atoms with Gasteiger partial charge < -0.3 is 15.5 Å². The zero-order chi connectivity index (χ0) is 10.3. The van der Waals surface area contributed by atoms with Gasteiger partial charge in [0, 0.05) is 0 Å². The summed E-state index contributed by atoms with van der Waals surface area (Å²) >= 11 is 0. The van der Waals surface area contributed by atoms with E-state index in [1.54, 1.807) is 0 Å². The molecule has 0 saturated carbocycles. The van der Waals surface area contributed by atoms with Crippen molar-refractivity contribution in [1.82, 2.24) is 5.32 Å². The molecule has 0 saturated heterocycles. The van der Waals surface area contributed by atoms with Crippen LogP contribution in [0.5, 0.6) is 0 Å². The summed E-state index contributed by atoms with van der Waals surface area (Å²) in [7, 11) is 0. The molecule has 0 spiro atoms. The summed E-state index contributed by atoms with van der Waals surface area (Å²) in [6.07, 6.45) is 2.36. The van der Waals surface area contributed by atoms with Crippen LogP contribution in [0.1, 0.15) is 33.6 Å². The first-order chi connectivity index (χ1) is 6.08. The first kappa shape index (κ1) is 12.9.